The summed E-state index contributed by atoms with van der Waals surface area (Å²) in [5.74, 6) is 0.718. The summed E-state index contributed by atoms with van der Waals surface area (Å²) < 4.78 is 4.07. The molecular weight excluding hydrogens is 426 g/mol. The molecule has 1 aliphatic heterocycles. The van der Waals surface area contributed by atoms with E-state index >= 15 is 0 Å². The molecule has 0 N–H and O–H groups in total. The number of rotatable bonds is 4. The number of hydrogen-bond acceptors (Lipinski definition) is 5. The van der Waals surface area contributed by atoms with Crippen molar-refractivity contribution >= 4 is 17.1 Å². The minimum atomic E-state index is -0.0350. The summed E-state index contributed by atoms with van der Waals surface area (Å²) in [5.41, 5.74) is 4.62. The van der Waals surface area contributed by atoms with Gasteiger partial charge in [0.1, 0.15) is 5.69 Å². The van der Waals surface area contributed by atoms with Crippen LogP contribution in [-0.4, -0.2) is 61.1 Å². The zero-order valence-electron chi connectivity index (χ0n) is 19.5. The number of piperazine rings is 1. The van der Waals surface area contributed by atoms with E-state index in [0.717, 1.165) is 43.0 Å². The molecule has 4 aromatic rings. The second-order valence-corrected chi connectivity index (χ2v) is 9.33. The standard InChI is InChI=1S/C26H29N7O/c1-19-6-8-20(9-7-19)30-14-16-31(17-15-30)26(34)24-23-18-27-12-13-32(23)25(29-24)22-10-11-28-33(22)21-4-2-3-5-21/h6-13,18,21H,2-5,14-17H2,1H3. The first-order valence-corrected chi connectivity index (χ1v) is 12.2. The highest BCUT2D eigenvalue weighted by Gasteiger charge is 2.28. The molecule has 0 spiro atoms. The Morgan fingerprint density at radius 1 is 0.971 bits per heavy atom. The van der Waals surface area contributed by atoms with Crippen molar-refractivity contribution in [2.24, 2.45) is 0 Å². The van der Waals surface area contributed by atoms with E-state index in [9.17, 15) is 4.79 Å². The van der Waals surface area contributed by atoms with E-state index in [1.807, 2.05) is 27.8 Å². The highest BCUT2D eigenvalue weighted by Crippen LogP contribution is 2.33. The van der Waals surface area contributed by atoms with Gasteiger partial charge in [0.15, 0.2) is 11.5 Å². The zero-order valence-corrected chi connectivity index (χ0v) is 19.5. The van der Waals surface area contributed by atoms with Gasteiger partial charge in [-0.2, -0.15) is 5.10 Å². The third-order valence-corrected chi connectivity index (χ3v) is 7.19. The zero-order chi connectivity index (χ0) is 23.1. The van der Waals surface area contributed by atoms with Gasteiger partial charge in [-0.3, -0.25) is 18.9 Å². The maximum Gasteiger partial charge on any atom is 0.274 e. The largest absolute Gasteiger partial charge is 0.368 e. The topological polar surface area (TPSA) is 71.6 Å². The fourth-order valence-electron chi connectivity index (χ4n) is 5.28. The van der Waals surface area contributed by atoms with Gasteiger partial charge in [0.25, 0.3) is 5.91 Å². The SMILES string of the molecule is Cc1ccc(N2CCN(C(=O)c3nc(-c4ccnn4C4CCCC4)n4ccncc34)CC2)cc1. The Bertz CT molecular complexity index is 1310. The molecule has 3 aromatic heterocycles. The van der Waals surface area contributed by atoms with Gasteiger partial charge in [-0.05, 0) is 38.0 Å². The van der Waals surface area contributed by atoms with Crippen LogP contribution in [0.25, 0.3) is 17.0 Å². The number of benzene rings is 1. The Morgan fingerprint density at radius 2 is 1.74 bits per heavy atom. The summed E-state index contributed by atoms with van der Waals surface area (Å²) in [6.45, 7) is 5.04. The predicted molar refractivity (Wildman–Crippen MR) is 131 cm³/mol. The second-order valence-electron chi connectivity index (χ2n) is 9.33. The van der Waals surface area contributed by atoms with Crippen LogP contribution in [0.1, 0.15) is 47.8 Å². The van der Waals surface area contributed by atoms with E-state index in [-0.39, 0.29) is 5.91 Å². The summed E-state index contributed by atoms with van der Waals surface area (Å²) in [6, 6.07) is 11.0. The molecule has 34 heavy (non-hydrogen) atoms. The van der Waals surface area contributed by atoms with Crippen LogP contribution >= 0.6 is 0 Å². The molecule has 0 unspecified atom stereocenters. The van der Waals surface area contributed by atoms with Crippen molar-refractivity contribution in [3.05, 3.63) is 66.4 Å². The van der Waals surface area contributed by atoms with Crippen molar-refractivity contribution in [2.75, 3.05) is 31.1 Å². The molecular formula is C26H29N7O. The molecule has 2 aliphatic rings. The third-order valence-electron chi connectivity index (χ3n) is 7.19. The maximum atomic E-state index is 13.6. The van der Waals surface area contributed by atoms with Crippen molar-refractivity contribution in [2.45, 2.75) is 38.6 Å². The van der Waals surface area contributed by atoms with Crippen LogP contribution in [0.2, 0.25) is 0 Å². The highest BCUT2D eigenvalue weighted by molar-refractivity contribution is 6.00. The van der Waals surface area contributed by atoms with Gasteiger partial charge >= 0.3 is 0 Å². The van der Waals surface area contributed by atoms with Gasteiger partial charge in [-0.1, -0.05) is 30.5 Å². The van der Waals surface area contributed by atoms with Crippen LogP contribution < -0.4 is 4.90 Å². The minimum Gasteiger partial charge on any atom is -0.368 e. The molecule has 0 bridgehead atoms. The molecule has 1 aromatic carbocycles. The van der Waals surface area contributed by atoms with Gasteiger partial charge in [0.05, 0.1) is 17.8 Å². The quantitative estimate of drug-likeness (QED) is 0.466. The molecule has 1 amide bonds. The van der Waals surface area contributed by atoms with Crippen LogP contribution in [0.15, 0.2) is 55.1 Å². The minimum absolute atomic E-state index is 0.0350. The number of imidazole rings is 1. The van der Waals surface area contributed by atoms with E-state index in [1.165, 1.54) is 24.1 Å². The smallest absolute Gasteiger partial charge is 0.274 e. The number of carbonyl (C=O) groups is 1. The Balaban J connectivity index is 1.28. The molecule has 1 saturated heterocycles. The molecule has 4 heterocycles. The first-order chi connectivity index (χ1) is 16.7. The van der Waals surface area contributed by atoms with Crippen molar-refractivity contribution in [3.63, 3.8) is 0 Å². The monoisotopic (exact) mass is 455 g/mol. The Kier molecular flexibility index (Phi) is 5.28. The van der Waals surface area contributed by atoms with E-state index in [4.69, 9.17) is 4.98 Å². The fourth-order valence-corrected chi connectivity index (χ4v) is 5.28. The lowest BCUT2D eigenvalue weighted by atomic mass is 10.2. The molecule has 8 nitrogen and oxygen atoms in total. The highest BCUT2D eigenvalue weighted by atomic mass is 16.2. The van der Waals surface area contributed by atoms with E-state index < -0.39 is 0 Å². The van der Waals surface area contributed by atoms with Crippen molar-refractivity contribution in [1.29, 1.82) is 0 Å². The van der Waals surface area contributed by atoms with E-state index in [0.29, 0.717) is 24.8 Å². The summed E-state index contributed by atoms with van der Waals surface area (Å²) in [4.78, 5) is 27.0. The predicted octanol–water partition coefficient (Wildman–Crippen LogP) is 3.98. The van der Waals surface area contributed by atoms with Crippen molar-refractivity contribution in [3.8, 4) is 11.5 Å². The lowest BCUT2D eigenvalue weighted by Crippen LogP contribution is -2.49. The third kappa shape index (κ3) is 3.63. The second kappa shape index (κ2) is 8.59. The number of amides is 1. The summed E-state index contributed by atoms with van der Waals surface area (Å²) in [5, 5.41) is 4.61. The lowest BCUT2D eigenvalue weighted by molar-refractivity contribution is 0.0743. The van der Waals surface area contributed by atoms with Crippen molar-refractivity contribution < 1.29 is 4.79 Å². The number of aromatic nitrogens is 5. The average Bonchev–Trinajstić information content (AvgIpc) is 3.63. The summed E-state index contributed by atoms with van der Waals surface area (Å²) in [7, 11) is 0. The Labute approximate surface area is 198 Å². The average molecular weight is 456 g/mol. The molecule has 1 aliphatic carbocycles. The van der Waals surface area contributed by atoms with Crippen LogP contribution in [0.5, 0.6) is 0 Å². The Morgan fingerprint density at radius 3 is 2.50 bits per heavy atom. The number of fused-ring (bicyclic) bond motifs is 1. The van der Waals surface area contributed by atoms with Gasteiger partial charge in [-0.15, -0.1) is 0 Å². The first kappa shape index (κ1) is 20.9. The lowest BCUT2D eigenvalue weighted by Gasteiger charge is -2.36. The van der Waals surface area contributed by atoms with E-state index in [2.05, 4.69) is 50.9 Å². The number of nitrogens with zero attached hydrogens (tertiary/aromatic N) is 7. The summed E-state index contributed by atoms with van der Waals surface area (Å²) in [6.07, 6.45) is 11.9. The van der Waals surface area contributed by atoms with Crippen LogP contribution in [0.4, 0.5) is 5.69 Å². The number of aryl methyl sites for hydroxylation is 1. The fraction of sp³-hybridized carbons (Fsp3) is 0.385. The first-order valence-electron chi connectivity index (χ1n) is 12.2. The van der Waals surface area contributed by atoms with Crippen LogP contribution in [0.3, 0.4) is 0 Å². The summed E-state index contributed by atoms with van der Waals surface area (Å²) >= 11 is 0. The molecule has 1 saturated carbocycles. The van der Waals surface area contributed by atoms with Crippen LogP contribution in [-0.2, 0) is 0 Å². The normalized spacial score (nSPS) is 17.1. The number of anilines is 1. The molecule has 2 fully saturated rings. The Hall–Kier alpha value is -3.68. The molecule has 6 rings (SSSR count). The van der Waals surface area contributed by atoms with Gasteiger partial charge in [0, 0.05) is 50.5 Å². The van der Waals surface area contributed by atoms with Crippen LogP contribution in [0, 0.1) is 6.92 Å². The number of hydrogen-bond donors (Lipinski definition) is 0. The van der Waals surface area contributed by atoms with Gasteiger partial charge < -0.3 is 9.80 Å². The van der Waals surface area contributed by atoms with E-state index in [1.54, 1.807) is 12.4 Å². The maximum absolute atomic E-state index is 13.6. The number of carbonyl (C=O) groups excluding carboxylic acids is 1. The molecule has 0 atom stereocenters. The van der Waals surface area contributed by atoms with Crippen molar-refractivity contribution in [1.82, 2.24) is 29.0 Å². The molecule has 0 radical (unpaired) electrons. The van der Waals surface area contributed by atoms with Gasteiger partial charge in [-0.25, -0.2) is 4.98 Å². The van der Waals surface area contributed by atoms with Gasteiger partial charge in [0.2, 0.25) is 0 Å². The molecule has 8 heteroatoms. The molecule has 174 valence electrons.